The van der Waals surface area contributed by atoms with Crippen LogP contribution in [-0.2, 0) is 4.74 Å². The number of epoxide rings is 1. The Hall–Kier alpha value is -1.13. The van der Waals surface area contributed by atoms with Crippen molar-refractivity contribution in [3.8, 4) is 0 Å². The first kappa shape index (κ1) is 17.7. The van der Waals surface area contributed by atoms with Crippen molar-refractivity contribution in [1.29, 1.82) is 0 Å². The Balaban J connectivity index is 1.36. The lowest BCUT2D eigenvalue weighted by Gasteiger charge is -2.61. The quantitative estimate of drug-likeness (QED) is 0.735. The largest absolute Gasteiger partial charge is 0.431 e. The van der Waals surface area contributed by atoms with Gasteiger partial charge in [0.2, 0.25) is 0 Å². The second kappa shape index (κ2) is 5.51. The highest BCUT2D eigenvalue weighted by atomic mass is 16.6. The zero-order valence-electron chi connectivity index (χ0n) is 17.0. The molecule has 0 bridgehead atoms. The normalized spacial score (nSPS) is 54.2. The highest BCUT2D eigenvalue weighted by molar-refractivity contribution is 5.35. The van der Waals surface area contributed by atoms with Gasteiger partial charge in [0.15, 0.2) is 0 Å². The Morgan fingerprint density at radius 3 is 2.68 bits per heavy atom. The predicted octanol–water partition coefficient (Wildman–Crippen LogP) is 4.26. The number of hydrogen-bond donors (Lipinski definition) is 1. The SMILES string of the molecule is C[C@]12CC[C@H](O)C[C@H]1CC[C@@H]1[C@@H]2CC[C@]2(C)[C@@H](c3ccc(=O)oc3)C[C@H]3OC132. The summed E-state index contributed by atoms with van der Waals surface area (Å²) in [6.07, 6.45) is 11.1. The van der Waals surface area contributed by atoms with E-state index in [1.807, 2.05) is 6.07 Å². The molecule has 1 spiro atoms. The molecule has 4 heteroatoms. The van der Waals surface area contributed by atoms with Gasteiger partial charge in [-0.05, 0) is 92.1 Å². The zero-order valence-corrected chi connectivity index (χ0v) is 17.0. The molecule has 6 rings (SSSR count). The molecular formula is C24H32O4. The molecule has 4 aliphatic carbocycles. The molecule has 9 atom stereocenters. The molecule has 1 saturated heterocycles. The van der Waals surface area contributed by atoms with Crippen LogP contribution in [0.3, 0.4) is 0 Å². The fourth-order valence-electron chi connectivity index (χ4n) is 8.74. The van der Waals surface area contributed by atoms with Crippen LogP contribution in [0.2, 0.25) is 0 Å². The van der Waals surface area contributed by atoms with Gasteiger partial charge in [-0.1, -0.05) is 13.8 Å². The van der Waals surface area contributed by atoms with Crippen molar-refractivity contribution in [3.05, 3.63) is 34.4 Å². The minimum atomic E-state index is -0.266. The van der Waals surface area contributed by atoms with Gasteiger partial charge >= 0.3 is 5.63 Å². The average Bonchev–Trinajstić information content (AvgIpc) is 3.33. The van der Waals surface area contributed by atoms with Crippen molar-refractivity contribution in [2.75, 3.05) is 0 Å². The molecule has 1 unspecified atom stereocenters. The third kappa shape index (κ3) is 2.01. The summed E-state index contributed by atoms with van der Waals surface area (Å²) in [5.74, 6) is 2.48. The van der Waals surface area contributed by atoms with E-state index in [0.29, 0.717) is 29.3 Å². The smallest absolute Gasteiger partial charge is 0.335 e. The lowest BCUT2D eigenvalue weighted by molar-refractivity contribution is -0.139. The number of ether oxygens (including phenoxy) is 1. The number of rotatable bonds is 1. The standard InChI is InChI=1S/C24H32O4/c1-22-9-7-16(25)11-15(22)4-5-18-17(22)8-10-23(2)19(12-20-24(18,23)28-20)14-3-6-21(26)27-13-14/h3,6,13,15-20,25H,4-5,7-12H2,1-2H3/t15-,16+,17+,18-,19-,20-,22+,23-,24?/m1/s1. The van der Waals surface area contributed by atoms with E-state index in [0.717, 1.165) is 25.2 Å². The van der Waals surface area contributed by atoms with Crippen LogP contribution < -0.4 is 5.63 Å². The topological polar surface area (TPSA) is 63.0 Å². The van der Waals surface area contributed by atoms with E-state index in [9.17, 15) is 9.90 Å². The first-order valence-corrected chi connectivity index (χ1v) is 11.3. The highest BCUT2D eigenvalue weighted by Crippen LogP contribution is 2.77. The summed E-state index contributed by atoms with van der Waals surface area (Å²) >= 11 is 0. The van der Waals surface area contributed by atoms with Crippen LogP contribution in [0.1, 0.15) is 76.7 Å². The van der Waals surface area contributed by atoms with Crippen molar-refractivity contribution in [1.82, 2.24) is 0 Å². The Kier molecular flexibility index (Phi) is 3.49. The van der Waals surface area contributed by atoms with E-state index in [2.05, 4.69) is 13.8 Å². The Morgan fingerprint density at radius 1 is 1.04 bits per heavy atom. The molecule has 0 amide bonds. The first-order chi connectivity index (χ1) is 13.4. The van der Waals surface area contributed by atoms with Crippen LogP contribution >= 0.6 is 0 Å². The van der Waals surface area contributed by atoms with Crippen LogP contribution in [0.4, 0.5) is 0 Å². The predicted molar refractivity (Wildman–Crippen MR) is 105 cm³/mol. The first-order valence-electron chi connectivity index (χ1n) is 11.3. The van der Waals surface area contributed by atoms with E-state index in [1.165, 1.54) is 37.7 Å². The fourth-order valence-corrected chi connectivity index (χ4v) is 8.74. The van der Waals surface area contributed by atoms with Gasteiger partial charge in [-0.25, -0.2) is 4.79 Å². The van der Waals surface area contributed by atoms with Crippen molar-refractivity contribution < 1.29 is 14.3 Å². The maximum atomic E-state index is 11.4. The number of hydrogen-bond acceptors (Lipinski definition) is 4. The summed E-state index contributed by atoms with van der Waals surface area (Å²) in [6.45, 7) is 4.97. The minimum Gasteiger partial charge on any atom is -0.431 e. The summed E-state index contributed by atoms with van der Waals surface area (Å²) in [6, 6.07) is 3.55. The Morgan fingerprint density at radius 2 is 1.89 bits per heavy atom. The third-order valence-electron chi connectivity index (χ3n) is 10.2. The molecule has 152 valence electrons. The molecule has 28 heavy (non-hydrogen) atoms. The van der Waals surface area contributed by atoms with Gasteiger partial charge in [-0.15, -0.1) is 0 Å². The van der Waals surface area contributed by atoms with Crippen LogP contribution in [0, 0.1) is 28.6 Å². The molecule has 5 fully saturated rings. The van der Waals surface area contributed by atoms with Crippen molar-refractivity contribution in [3.63, 3.8) is 0 Å². The maximum Gasteiger partial charge on any atom is 0.335 e. The summed E-state index contributed by atoms with van der Waals surface area (Å²) < 4.78 is 11.8. The molecular weight excluding hydrogens is 352 g/mol. The van der Waals surface area contributed by atoms with Crippen LogP contribution in [0.25, 0.3) is 0 Å². The van der Waals surface area contributed by atoms with Gasteiger partial charge in [0.25, 0.3) is 0 Å². The molecule has 5 aliphatic rings. The van der Waals surface area contributed by atoms with E-state index in [-0.39, 0.29) is 22.7 Å². The third-order valence-corrected chi connectivity index (χ3v) is 10.2. The van der Waals surface area contributed by atoms with E-state index >= 15 is 0 Å². The summed E-state index contributed by atoms with van der Waals surface area (Å²) in [4.78, 5) is 11.4. The van der Waals surface area contributed by atoms with Gasteiger partial charge in [-0.3, -0.25) is 0 Å². The lowest BCUT2D eigenvalue weighted by atomic mass is 9.44. The number of aliphatic hydroxyl groups is 1. The molecule has 1 aliphatic heterocycles. The van der Waals surface area contributed by atoms with E-state index < -0.39 is 0 Å². The van der Waals surface area contributed by atoms with Crippen molar-refractivity contribution >= 4 is 0 Å². The average molecular weight is 385 g/mol. The van der Waals surface area contributed by atoms with Crippen LogP contribution in [0.15, 0.2) is 27.6 Å². The van der Waals surface area contributed by atoms with Crippen LogP contribution in [0.5, 0.6) is 0 Å². The maximum absolute atomic E-state index is 11.4. The van der Waals surface area contributed by atoms with E-state index in [4.69, 9.17) is 9.15 Å². The Bertz CT molecular complexity index is 842. The van der Waals surface area contributed by atoms with Crippen LogP contribution in [-0.4, -0.2) is 22.9 Å². The van der Waals surface area contributed by atoms with Crippen molar-refractivity contribution in [2.24, 2.45) is 28.6 Å². The molecule has 1 aromatic rings. The monoisotopic (exact) mass is 384 g/mol. The second-order valence-electron chi connectivity index (χ2n) is 11.0. The second-order valence-corrected chi connectivity index (χ2v) is 11.0. The zero-order chi connectivity index (χ0) is 19.3. The molecule has 4 nitrogen and oxygen atoms in total. The fraction of sp³-hybridized carbons (Fsp3) is 0.792. The van der Waals surface area contributed by atoms with Gasteiger partial charge < -0.3 is 14.3 Å². The number of fused-ring (bicyclic) bond motifs is 3. The van der Waals surface area contributed by atoms with Gasteiger partial charge in [0.1, 0.15) is 5.60 Å². The molecule has 2 heterocycles. The molecule has 1 aromatic heterocycles. The van der Waals surface area contributed by atoms with Gasteiger partial charge in [0, 0.05) is 11.5 Å². The highest BCUT2D eigenvalue weighted by Gasteiger charge is 2.80. The van der Waals surface area contributed by atoms with E-state index in [1.54, 1.807) is 12.3 Å². The number of aliphatic hydroxyl groups excluding tert-OH is 1. The summed E-state index contributed by atoms with van der Waals surface area (Å²) in [5, 5.41) is 10.2. The molecule has 1 N–H and O–H groups in total. The molecule has 0 aromatic carbocycles. The Labute approximate surface area is 166 Å². The molecule has 4 saturated carbocycles. The van der Waals surface area contributed by atoms with Gasteiger partial charge in [0.05, 0.1) is 18.5 Å². The van der Waals surface area contributed by atoms with Gasteiger partial charge in [-0.2, -0.15) is 0 Å². The minimum absolute atomic E-state index is 0.0285. The summed E-state index contributed by atoms with van der Waals surface area (Å²) in [5.41, 5.74) is 1.44. The molecule has 0 radical (unpaired) electrons. The summed E-state index contributed by atoms with van der Waals surface area (Å²) in [7, 11) is 0. The lowest BCUT2D eigenvalue weighted by Crippen LogP contribution is -2.58. The van der Waals surface area contributed by atoms with Crippen molar-refractivity contribution in [2.45, 2.75) is 88.9 Å².